The van der Waals surface area contributed by atoms with Gasteiger partial charge in [0.15, 0.2) is 0 Å². The normalized spacial score (nSPS) is 9.47. The predicted molar refractivity (Wildman–Crippen MR) is 66.1 cm³/mol. The zero-order valence-electron chi connectivity index (χ0n) is 8.51. The third-order valence-electron chi connectivity index (χ3n) is 1.72. The first kappa shape index (κ1) is 11.7. The maximum Gasteiger partial charge on any atom is 0.266 e. The van der Waals surface area contributed by atoms with Crippen molar-refractivity contribution in [3.05, 3.63) is 28.1 Å². The minimum atomic E-state index is -0.210. The summed E-state index contributed by atoms with van der Waals surface area (Å²) in [6.45, 7) is -0.189. The number of aliphatic hydroxyl groups is 1. The minimum Gasteiger partial charge on any atom is -0.384 e. The van der Waals surface area contributed by atoms with E-state index >= 15 is 0 Å². The highest BCUT2D eigenvalue weighted by Gasteiger charge is 2.09. The summed E-state index contributed by atoms with van der Waals surface area (Å²) in [6, 6.07) is 3.43. The maximum atomic E-state index is 11.8. The summed E-state index contributed by atoms with van der Waals surface area (Å²) in [4.78, 5) is 13.1. The maximum absolute atomic E-state index is 11.8. The lowest BCUT2D eigenvalue weighted by atomic mass is 10.4. The molecule has 2 N–H and O–H groups in total. The monoisotopic (exact) mass is 265 g/mol. The van der Waals surface area contributed by atoms with Crippen molar-refractivity contribution in [2.24, 2.45) is 0 Å². The number of carbonyl (C=O) groups is 1. The van der Waals surface area contributed by atoms with Gasteiger partial charge in [0, 0.05) is 11.5 Å². The molecule has 86 valence electrons. The smallest absolute Gasteiger partial charge is 0.266 e. The van der Waals surface area contributed by atoms with Crippen molar-refractivity contribution in [3.63, 3.8) is 0 Å². The highest BCUT2D eigenvalue weighted by atomic mass is 32.1. The Morgan fingerprint density at radius 3 is 3.12 bits per heavy atom. The number of nitrogens with zero attached hydrogens (tertiary/aromatic N) is 2. The van der Waals surface area contributed by atoms with Crippen LogP contribution in [0.4, 0.5) is 5.00 Å². The topological polar surface area (TPSA) is 75.1 Å². The van der Waals surface area contributed by atoms with Crippen LogP contribution in [-0.4, -0.2) is 27.2 Å². The summed E-state index contributed by atoms with van der Waals surface area (Å²) in [5, 5.41) is 15.5. The van der Waals surface area contributed by atoms with Crippen LogP contribution in [0.15, 0.2) is 18.3 Å². The van der Waals surface area contributed by atoms with E-state index in [0.29, 0.717) is 9.88 Å². The number of carbonyl (C=O) groups excluding carboxylic acids is 1. The molecule has 0 fully saturated rings. The number of aliphatic hydroxyl groups excluding tert-OH is 1. The summed E-state index contributed by atoms with van der Waals surface area (Å²) in [5.41, 5.74) is 0. The molecule has 0 atom stereocenters. The van der Waals surface area contributed by atoms with Crippen molar-refractivity contribution in [1.82, 2.24) is 9.59 Å². The number of nitrogens with one attached hydrogen (secondary N) is 1. The molecule has 2 heterocycles. The summed E-state index contributed by atoms with van der Waals surface area (Å²) in [7, 11) is 0. The van der Waals surface area contributed by atoms with Gasteiger partial charge in [-0.2, -0.15) is 0 Å². The molecular weight excluding hydrogens is 258 g/mol. The molecule has 1 amide bonds. The third kappa shape index (κ3) is 3.10. The van der Waals surface area contributed by atoms with Crippen molar-refractivity contribution < 1.29 is 9.90 Å². The van der Waals surface area contributed by atoms with E-state index in [2.05, 4.69) is 26.7 Å². The van der Waals surface area contributed by atoms with E-state index < -0.39 is 0 Å². The average molecular weight is 265 g/mol. The van der Waals surface area contributed by atoms with Gasteiger partial charge < -0.3 is 10.4 Å². The predicted octanol–water partition coefficient (Wildman–Crippen LogP) is 1.20. The van der Waals surface area contributed by atoms with Crippen molar-refractivity contribution in [2.75, 3.05) is 11.9 Å². The number of aromatic nitrogens is 2. The van der Waals surface area contributed by atoms with Gasteiger partial charge in [0.25, 0.3) is 5.91 Å². The molecule has 0 saturated carbocycles. The fourth-order valence-electron chi connectivity index (χ4n) is 1.05. The molecule has 17 heavy (non-hydrogen) atoms. The van der Waals surface area contributed by atoms with Gasteiger partial charge in [-0.05, 0) is 12.1 Å². The van der Waals surface area contributed by atoms with Gasteiger partial charge in [-0.15, -0.1) is 16.4 Å². The lowest BCUT2D eigenvalue weighted by molar-refractivity contribution is 0.103. The number of amides is 1. The van der Waals surface area contributed by atoms with Gasteiger partial charge in [0.2, 0.25) is 0 Å². The van der Waals surface area contributed by atoms with Crippen molar-refractivity contribution in [3.8, 4) is 11.8 Å². The van der Waals surface area contributed by atoms with E-state index in [1.54, 1.807) is 12.1 Å². The van der Waals surface area contributed by atoms with Crippen LogP contribution < -0.4 is 5.32 Å². The van der Waals surface area contributed by atoms with E-state index in [0.717, 1.165) is 16.4 Å². The SMILES string of the molecule is O=C(Nc1cnns1)c1ccc(C#CCO)s1. The fraction of sp³-hybridized carbons (Fsp3) is 0.100. The second-order valence-corrected chi connectivity index (χ2v) is 4.73. The van der Waals surface area contributed by atoms with Gasteiger partial charge in [-0.3, -0.25) is 4.79 Å². The molecule has 0 aliphatic heterocycles. The third-order valence-corrected chi connectivity index (χ3v) is 3.30. The van der Waals surface area contributed by atoms with Crippen molar-refractivity contribution in [2.45, 2.75) is 0 Å². The van der Waals surface area contributed by atoms with Gasteiger partial charge in [-0.25, -0.2) is 0 Å². The first-order valence-corrected chi connectivity index (χ1v) is 6.17. The lowest BCUT2D eigenvalue weighted by Gasteiger charge is -1.96. The Labute approximate surface area is 105 Å². The quantitative estimate of drug-likeness (QED) is 0.800. The van der Waals surface area contributed by atoms with E-state index in [1.807, 2.05) is 0 Å². The first-order chi connectivity index (χ1) is 8.29. The first-order valence-electron chi connectivity index (χ1n) is 4.58. The Kier molecular flexibility index (Phi) is 3.82. The molecule has 7 heteroatoms. The molecule has 5 nitrogen and oxygen atoms in total. The van der Waals surface area contributed by atoms with Crippen LogP contribution in [0.2, 0.25) is 0 Å². The molecular formula is C10H7N3O2S2. The molecule has 0 radical (unpaired) electrons. The largest absolute Gasteiger partial charge is 0.384 e. The fourth-order valence-corrected chi connectivity index (χ4v) is 2.24. The molecule has 2 aromatic rings. The second-order valence-electron chi connectivity index (χ2n) is 2.86. The Morgan fingerprint density at radius 2 is 2.41 bits per heavy atom. The highest BCUT2D eigenvalue weighted by molar-refractivity contribution is 7.15. The van der Waals surface area contributed by atoms with Crippen LogP contribution in [0.25, 0.3) is 0 Å². The molecule has 2 aromatic heterocycles. The number of hydrogen-bond donors (Lipinski definition) is 2. The van der Waals surface area contributed by atoms with Gasteiger partial charge in [0.05, 0.1) is 16.0 Å². The number of hydrogen-bond acceptors (Lipinski definition) is 6. The van der Waals surface area contributed by atoms with E-state index in [-0.39, 0.29) is 12.5 Å². The summed E-state index contributed by atoms with van der Waals surface area (Å²) < 4.78 is 3.64. The Morgan fingerprint density at radius 1 is 1.53 bits per heavy atom. The zero-order valence-corrected chi connectivity index (χ0v) is 10.1. The Hall–Kier alpha value is -1.75. The standard InChI is InChI=1S/C10H7N3O2S2/c14-5-1-2-7-3-4-8(16-7)10(15)12-9-6-11-13-17-9/h3-4,6,14H,5H2,(H,12,15). The molecule has 0 aliphatic rings. The van der Waals surface area contributed by atoms with Crippen LogP contribution in [0.3, 0.4) is 0 Å². The Bertz CT molecular complexity index is 566. The lowest BCUT2D eigenvalue weighted by Crippen LogP contribution is -2.08. The number of anilines is 1. The molecule has 2 rings (SSSR count). The van der Waals surface area contributed by atoms with Crippen LogP contribution in [0.5, 0.6) is 0 Å². The summed E-state index contributed by atoms with van der Waals surface area (Å²) in [5.74, 6) is 5.06. The minimum absolute atomic E-state index is 0.189. The van der Waals surface area contributed by atoms with E-state index in [1.165, 1.54) is 17.5 Å². The highest BCUT2D eigenvalue weighted by Crippen LogP contribution is 2.18. The van der Waals surface area contributed by atoms with E-state index in [4.69, 9.17) is 5.11 Å². The molecule has 0 saturated heterocycles. The van der Waals surface area contributed by atoms with Gasteiger partial charge >= 0.3 is 0 Å². The Balaban J connectivity index is 2.07. The number of rotatable bonds is 2. The van der Waals surface area contributed by atoms with Crippen molar-refractivity contribution in [1.29, 1.82) is 0 Å². The molecule has 0 aromatic carbocycles. The van der Waals surface area contributed by atoms with Crippen LogP contribution in [0, 0.1) is 11.8 Å². The average Bonchev–Trinajstić information content (AvgIpc) is 2.96. The molecule has 0 aliphatic carbocycles. The van der Waals surface area contributed by atoms with E-state index in [9.17, 15) is 4.79 Å². The summed E-state index contributed by atoms with van der Waals surface area (Å²) in [6.07, 6.45) is 1.49. The molecule has 0 spiro atoms. The van der Waals surface area contributed by atoms with Gasteiger partial charge in [-0.1, -0.05) is 16.3 Å². The summed E-state index contributed by atoms with van der Waals surface area (Å²) >= 11 is 2.39. The zero-order chi connectivity index (χ0) is 12.1. The molecule has 0 bridgehead atoms. The number of thiophene rings is 1. The van der Waals surface area contributed by atoms with Crippen LogP contribution in [0.1, 0.15) is 14.5 Å². The van der Waals surface area contributed by atoms with Crippen LogP contribution in [-0.2, 0) is 0 Å². The molecule has 0 unspecified atom stereocenters. The van der Waals surface area contributed by atoms with Gasteiger partial charge in [0.1, 0.15) is 11.6 Å². The second kappa shape index (κ2) is 5.54. The van der Waals surface area contributed by atoms with Crippen molar-refractivity contribution >= 4 is 33.8 Å². The van der Waals surface area contributed by atoms with Crippen LogP contribution >= 0.6 is 22.9 Å².